The molecule has 0 atom stereocenters. The highest BCUT2D eigenvalue weighted by Gasteiger charge is 2.18. The van der Waals surface area contributed by atoms with Gasteiger partial charge in [0.1, 0.15) is 5.82 Å². The summed E-state index contributed by atoms with van der Waals surface area (Å²) in [6.45, 7) is 2.09. The van der Waals surface area contributed by atoms with E-state index in [9.17, 15) is 4.39 Å². The molecule has 1 aromatic carbocycles. The molecule has 1 heterocycles. The molecule has 1 nitrogen and oxygen atoms in total. The average Bonchev–Trinajstić information content (AvgIpc) is 2.62. The Morgan fingerprint density at radius 2 is 2.20 bits per heavy atom. The van der Waals surface area contributed by atoms with E-state index in [2.05, 4.69) is 20.8 Å². The van der Waals surface area contributed by atoms with Crippen LogP contribution in [0.4, 0.5) is 10.1 Å². The molecule has 82 valence electrons. The lowest BCUT2D eigenvalue weighted by Crippen LogP contribution is -2.21. The van der Waals surface area contributed by atoms with E-state index in [4.69, 9.17) is 0 Å². The van der Waals surface area contributed by atoms with Gasteiger partial charge in [-0.3, -0.25) is 0 Å². The second-order valence-electron chi connectivity index (χ2n) is 3.91. The van der Waals surface area contributed by atoms with E-state index < -0.39 is 0 Å². The van der Waals surface area contributed by atoms with E-state index in [0.29, 0.717) is 0 Å². The number of nitrogens with zero attached hydrogens (tertiary/aromatic N) is 1. The van der Waals surface area contributed by atoms with Crippen LogP contribution in [0.3, 0.4) is 0 Å². The van der Waals surface area contributed by atoms with Crippen molar-refractivity contribution in [1.82, 2.24) is 0 Å². The normalized spacial score (nSPS) is 14.4. The van der Waals surface area contributed by atoms with Crippen LogP contribution >= 0.6 is 15.9 Å². The first-order valence-corrected chi connectivity index (χ1v) is 6.53. The van der Waals surface area contributed by atoms with E-state index in [1.54, 1.807) is 12.1 Å². The van der Waals surface area contributed by atoms with E-state index in [1.807, 2.05) is 6.07 Å². The highest BCUT2D eigenvalue weighted by Crippen LogP contribution is 2.28. The largest absolute Gasteiger partial charge is 0.371 e. The van der Waals surface area contributed by atoms with Crippen LogP contribution in [0, 0.1) is 5.82 Å². The SMILES string of the molecule is Fc1ccc2c(c1)N(CCCCBr)CC2. The average molecular weight is 272 g/mol. The van der Waals surface area contributed by atoms with Gasteiger partial charge in [-0.2, -0.15) is 0 Å². The van der Waals surface area contributed by atoms with Gasteiger partial charge in [0, 0.05) is 24.1 Å². The molecule has 1 aliphatic heterocycles. The Balaban J connectivity index is 2.03. The summed E-state index contributed by atoms with van der Waals surface area (Å²) in [5, 5.41) is 1.05. The standard InChI is InChI=1S/C12H15BrFN/c13-6-1-2-7-15-8-5-10-3-4-11(14)9-12(10)15/h3-4,9H,1-2,5-8H2. The van der Waals surface area contributed by atoms with Crippen molar-refractivity contribution in [3.63, 3.8) is 0 Å². The van der Waals surface area contributed by atoms with Crippen molar-refractivity contribution >= 4 is 21.6 Å². The fourth-order valence-electron chi connectivity index (χ4n) is 2.05. The summed E-state index contributed by atoms with van der Waals surface area (Å²) in [5.74, 6) is -0.124. The maximum absolute atomic E-state index is 13.1. The number of alkyl halides is 1. The zero-order valence-corrected chi connectivity index (χ0v) is 10.3. The van der Waals surface area contributed by atoms with Crippen LogP contribution in [0.2, 0.25) is 0 Å². The van der Waals surface area contributed by atoms with Crippen molar-refractivity contribution in [3.8, 4) is 0 Å². The van der Waals surface area contributed by atoms with Crippen molar-refractivity contribution in [2.24, 2.45) is 0 Å². The van der Waals surface area contributed by atoms with E-state index in [-0.39, 0.29) is 5.82 Å². The number of unbranched alkanes of at least 4 members (excludes halogenated alkanes) is 1. The summed E-state index contributed by atoms with van der Waals surface area (Å²) in [7, 11) is 0. The predicted molar refractivity (Wildman–Crippen MR) is 65.3 cm³/mol. The van der Waals surface area contributed by atoms with Crippen molar-refractivity contribution in [2.45, 2.75) is 19.3 Å². The number of rotatable bonds is 4. The maximum atomic E-state index is 13.1. The third kappa shape index (κ3) is 2.51. The first kappa shape index (κ1) is 10.9. The van der Waals surface area contributed by atoms with Crippen molar-refractivity contribution in [1.29, 1.82) is 0 Å². The quantitative estimate of drug-likeness (QED) is 0.600. The lowest BCUT2D eigenvalue weighted by molar-refractivity contribution is 0.627. The fourth-order valence-corrected chi connectivity index (χ4v) is 2.44. The zero-order chi connectivity index (χ0) is 10.7. The molecule has 0 saturated heterocycles. The lowest BCUT2D eigenvalue weighted by atomic mass is 10.2. The van der Waals surface area contributed by atoms with Gasteiger partial charge in [-0.1, -0.05) is 22.0 Å². The summed E-state index contributed by atoms with van der Waals surface area (Å²) in [5.41, 5.74) is 2.39. The van der Waals surface area contributed by atoms with Crippen molar-refractivity contribution in [2.75, 3.05) is 23.3 Å². The molecule has 0 spiro atoms. The van der Waals surface area contributed by atoms with Crippen LogP contribution in [0.1, 0.15) is 18.4 Å². The molecule has 2 rings (SSSR count). The van der Waals surface area contributed by atoms with Gasteiger partial charge < -0.3 is 4.90 Å². The van der Waals surface area contributed by atoms with Crippen molar-refractivity contribution in [3.05, 3.63) is 29.6 Å². The molecule has 1 aliphatic rings. The van der Waals surface area contributed by atoms with Crippen LogP contribution in [-0.4, -0.2) is 18.4 Å². The highest BCUT2D eigenvalue weighted by atomic mass is 79.9. The van der Waals surface area contributed by atoms with Crippen LogP contribution in [0.25, 0.3) is 0 Å². The second kappa shape index (κ2) is 4.97. The van der Waals surface area contributed by atoms with Gasteiger partial charge in [0.25, 0.3) is 0 Å². The summed E-state index contributed by atoms with van der Waals surface area (Å²) in [6.07, 6.45) is 3.41. The number of halogens is 2. The van der Waals surface area contributed by atoms with Gasteiger partial charge in [-0.05, 0) is 37.0 Å². The maximum Gasteiger partial charge on any atom is 0.125 e. The monoisotopic (exact) mass is 271 g/mol. The Kier molecular flexibility index (Phi) is 3.62. The van der Waals surface area contributed by atoms with Gasteiger partial charge in [-0.15, -0.1) is 0 Å². The first-order valence-electron chi connectivity index (χ1n) is 5.40. The fraction of sp³-hybridized carbons (Fsp3) is 0.500. The molecule has 0 aliphatic carbocycles. The van der Waals surface area contributed by atoms with E-state index >= 15 is 0 Å². The summed E-state index contributed by atoms with van der Waals surface area (Å²) in [4.78, 5) is 2.29. The third-order valence-corrected chi connectivity index (χ3v) is 3.41. The summed E-state index contributed by atoms with van der Waals surface area (Å²) in [6, 6.07) is 5.13. The molecular formula is C12H15BrFN. The molecule has 0 saturated carbocycles. The molecule has 0 radical (unpaired) electrons. The Labute approximate surface area is 98.4 Å². The Bertz CT molecular complexity index is 340. The molecule has 0 bridgehead atoms. The van der Waals surface area contributed by atoms with Crippen LogP contribution < -0.4 is 4.90 Å². The Morgan fingerprint density at radius 3 is 3.00 bits per heavy atom. The van der Waals surface area contributed by atoms with Crippen LogP contribution in [0.15, 0.2) is 18.2 Å². The lowest BCUT2D eigenvalue weighted by Gasteiger charge is -2.18. The minimum absolute atomic E-state index is 0.124. The minimum atomic E-state index is -0.124. The molecule has 0 aromatic heterocycles. The topological polar surface area (TPSA) is 3.24 Å². The molecule has 15 heavy (non-hydrogen) atoms. The Morgan fingerprint density at radius 1 is 1.33 bits per heavy atom. The predicted octanol–water partition coefficient (Wildman–Crippen LogP) is 3.36. The molecule has 0 amide bonds. The van der Waals surface area contributed by atoms with E-state index in [0.717, 1.165) is 30.5 Å². The molecule has 1 aromatic rings. The number of hydrogen-bond donors (Lipinski definition) is 0. The smallest absolute Gasteiger partial charge is 0.125 e. The number of hydrogen-bond acceptors (Lipinski definition) is 1. The summed E-state index contributed by atoms with van der Waals surface area (Å²) >= 11 is 3.42. The molecular weight excluding hydrogens is 257 g/mol. The summed E-state index contributed by atoms with van der Waals surface area (Å²) < 4.78 is 13.1. The number of benzene rings is 1. The second-order valence-corrected chi connectivity index (χ2v) is 4.70. The third-order valence-electron chi connectivity index (χ3n) is 2.85. The molecule has 0 unspecified atom stereocenters. The minimum Gasteiger partial charge on any atom is -0.371 e. The zero-order valence-electron chi connectivity index (χ0n) is 8.68. The van der Waals surface area contributed by atoms with Crippen LogP contribution in [0.5, 0.6) is 0 Å². The van der Waals surface area contributed by atoms with Gasteiger partial charge >= 0.3 is 0 Å². The first-order chi connectivity index (χ1) is 7.31. The molecule has 0 N–H and O–H groups in total. The van der Waals surface area contributed by atoms with Gasteiger partial charge in [0.15, 0.2) is 0 Å². The van der Waals surface area contributed by atoms with Gasteiger partial charge in [0.05, 0.1) is 0 Å². The highest BCUT2D eigenvalue weighted by molar-refractivity contribution is 9.09. The van der Waals surface area contributed by atoms with E-state index in [1.165, 1.54) is 18.4 Å². The van der Waals surface area contributed by atoms with Crippen LogP contribution in [-0.2, 0) is 6.42 Å². The van der Waals surface area contributed by atoms with Gasteiger partial charge in [-0.25, -0.2) is 4.39 Å². The molecule has 3 heteroatoms. The molecule has 0 fully saturated rings. The van der Waals surface area contributed by atoms with Crippen molar-refractivity contribution < 1.29 is 4.39 Å². The number of anilines is 1. The Hall–Kier alpha value is -0.570. The number of fused-ring (bicyclic) bond motifs is 1. The van der Waals surface area contributed by atoms with Gasteiger partial charge in [0.2, 0.25) is 0 Å².